The van der Waals surface area contributed by atoms with Gasteiger partial charge >= 0.3 is 0 Å². The van der Waals surface area contributed by atoms with E-state index < -0.39 is 0 Å². The van der Waals surface area contributed by atoms with Gasteiger partial charge in [-0.3, -0.25) is 9.59 Å². The molecule has 0 fully saturated rings. The Labute approximate surface area is 258 Å². The average Bonchev–Trinajstić information content (AvgIpc) is 3.04. The highest BCUT2D eigenvalue weighted by atomic mass is 16.5. The second-order valence-electron chi connectivity index (χ2n) is 9.11. The van der Waals surface area contributed by atoms with Gasteiger partial charge in [-0.25, -0.2) is 0 Å². The number of hydrogen-bond acceptors (Lipinski definition) is 6. The van der Waals surface area contributed by atoms with E-state index in [-0.39, 0.29) is 11.5 Å². The van der Waals surface area contributed by atoms with Crippen LogP contribution >= 0.6 is 0 Å². The van der Waals surface area contributed by atoms with Gasteiger partial charge in [0.1, 0.15) is 29.8 Å². The molecule has 6 heteroatoms. The van der Waals surface area contributed by atoms with Crippen molar-refractivity contribution >= 4 is 18.4 Å². The fraction of sp³-hybridized carbons (Fsp3) is 0.324. The van der Waals surface area contributed by atoms with E-state index in [2.05, 4.69) is 26.0 Å². The van der Waals surface area contributed by atoms with Crippen LogP contribution in [-0.4, -0.2) is 32.6 Å². The van der Waals surface area contributed by atoms with Crippen molar-refractivity contribution in [3.63, 3.8) is 0 Å². The quantitative estimate of drug-likeness (QED) is 0.127. The Kier molecular flexibility index (Phi) is 20.8. The Balaban J connectivity index is 0.000000779. The molecule has 0 spiro atoms. The van der Waals surface area contributed by atoms with Gasteiger partial charge in [0.25, 0.3) is 0 Å². The number of methoxy groups -OCH3 is 2. The molecule has 0 saturated carbocycles. The molecule has 3 rings (SSSR count). The van der Waals surface area contributed by atoms with Crippen molar-refractivity contribution in [1.82, 2.24) is 0 Å². The number of hydrogen-bond donors (Lipinski definition) is 0. The largest absolute Gasteiger partial charge is 0.497 e. The van der Waals surface area contributed by atoms with Gasteiger partial charge in [0, 0.05) is 12.0 Å². The van der Waals surface area contributed by atoms with Crippen molar-refractivity contribution in [3.05, 3.63) is 118 Å². The van der Waals surface area contributed by atoms with Gasteiger partial charge in [0.2, 0.25) is 11.5 Å². The zero-order valence-corrected chi connectivity index (χ0v) is 27.2. The van der Waals surface area contributed by atoms with E-state index >= 15 is 0 Å². The zero-order valence-electron chi connectivity index (χ0n) is 27.2. The first kappa shape index (κ1) is 38.5. The summed E-state index contributed by atoms with van der Waals surface area (Å²) in [5, 5.41) is 0. The van der Waals surface area contributed by atoms with Crippen molar-refractivity contribution in [2.45, 2.75) is 67.7 Å². The molecule has 6 nitrogen and oxygen atoms in total. The van der Waals surface area contributed by atoms with Crippen molar-refractivity contribution in [1.29, 1.82) is 0 Å². The standard InChI is InChI=1S/C20H26O4.C13H12O.C2H4O.C2H6/c1-6-7-16-8-10-17(11-9-16)12-18(14(2)13-21)19(22)20(24-5)15(3)23-4;1-11-7-9-13(10-8-11)14-12-5-3-2-4-6-12;1-2-3;1-2/h8-11,13H,6-7,12H2,1-5H3;2-10H,1H3;2H,1H3;1-2H3/b18-14-,20-15-;;;. The summed E-state index contributed by atoms with van der Waals surface area (Å²) in [7, 11) is 2.90. The number of benzene rings is 3. The Hall–Kier alpha value is -4.45. The molecule has 0 unspecified atom stereocenters. The summed E-state index contributed by atoms with van der Waals surface area (Å²) >= 11 is 0. The molecule has 0 aromatic heterocycles. The molecular weight excluding hydrogens is 540 g/mol. The lowest BCUT2D eigenvalue weighted by Gasteiger charge is -2.13. The lowest BCUT2D eigenvalue weighted by molar-refractivity contribution is -0.116. The Morgan fingerprint density at radius 3 is 1.74 bits per heavy atom. The number of para-hydroxylation sites is 1. The third-order valence-corrected chi connectivity index (χ3v) is 5.91. The number of aryl methyl sites for hydroxylation is 2. The molecule has 0 N–H and O–H groups in total. The van der Waals surface area contributed by atoms with Crippen LogP contribution in [0.1, 0.15) is 64.7 Å². The van der Waals surface area contributed by atoms with Gasteiger partial charge in [-0.15, -0.1) is 0 Å². The van der Waals surface area contributed by atoms with E-state index in [4.69, 9.17) is 19.0 Å². The molecule has 3 aromatic rings. The molecule has 232 valence electrons. The normalized spacial score (nSPS) is 10.8. The van der Waals surface area contributed by atoms with Crippen LogP contribution in [0.25, 0.3) is 0 Å². The van der Waals surface area contributed by atoms with Gasteiger partial charge in [-0.05, 0) is 75.1 Å². The summed E-state index contributed by atoms with van der Waals surface area (Å²) in [6, 6.07) is 25.9. The number of carbonyl (C=O) groups excluding carboxylic acids is 3. The molecule has 0 saturated heterocycles. The summed E-state index contributed by atoms with van der Waals surface area (Å²) in [5.41, 5.74) is 4.30. The number of rotatable bonds is 11. The number of allylic oxidation sites excluding steroid dienone is 3. The van der Waals surface area contributed by atoms with Crippen molar-refractivity contribution in [3.8, 4) is 11.5 Å². The molecule has 0 atom stereocenters. The number of Topliss-reactive ketones (excluding diaryl/α,β-unsaturated/α-hetero) is 1. The predicted molar refractivity (Wildman–Crippen MR) is 175 cm³/mol. The molecule has 0 aliphatic rings. The lowest BCUT2D eigenvalue weighted by Crippen LogP contribution is -2.15. The topological polar surface area (TPSA) is 78.9 Å². The second kappa shape index (κ2) is 23.1. The van der Waals surface area contributed by atoms with Crippen LogP contribution in [0.2, 0.25) is 0 Å². The maximum absolute atomic E-state index is 12.8. The highest BCUT2D eigenvalue weighted by molar-refractivity contribution is 6.10. The highest BCUT2D eigenvalue weighted by Gasteiger charge is 2.22. The van der Waals surface area contributed by atoms with E-state index in [0.717, 1.165) is 36.2 Å². The summed E-state index contributed by atoms with van der Waals surface area (Å²) in [4.78, 5) is 32.8. The molecule has 0 radical (unpaired) electrons. The number of carbonyl (C=O) groups is 3. The van der Waals surface area contributed by atoms with Crippen LogP contribution in [0.15, 0.2) is 102 Å². The highest BCUT2D eigenvalue weighted by Crippen LogP contribution is 2.21. The first-order chi connectivity index (χ1) is 20.7. The fourth-order valence-electron chi connectivity index (χ4n) is 3.64. The van der Waals surface area contributed by atoms with E-state index in [1.54, 1.807) is 13.8 Å². The van der Waals surface area contributed by atoms with Gasteiger partial charge in [-0.1, -0.05) is 87.4 Å². The van der Waals surface area contributed by atoms with Gasteiger partial charge in [0.05, 0.1) is 14.2 Å². The van der Waals surface area contributed by atoms with Gasteiger partial charge < -0.3 is 19.0 Å². The minimum atomic E-state index is -0.320. The molecule has 0 amide bonds. The van der Waals surface area contributed by atoms with Crippen LogP contribution in [0.3, 0.4) is 0 Å². The molecule has 3 aromatic carbocycles. The summed E-state index contributed by atoms with van der Waals surface area (Å²) in [6.07, 6.45) is 3.94. The van der Waals surface area contributed by atoms with Crippen LogP contribution in [0.5, 0.6) is 11.5 Å². The van der Waals surface area contributed by atoms with E-state index in [9.17, 15) is 9.59 Å². The smallest absolute Gasteiger partial charge is 0.227 e. The minimum absolute atomic E-state index is 0.122. The number of ether oxygens (including phenoxy) is 3. The molecule has 0 aliphatic heterocycles. The second-order valence-corrected chi connectivity index (χ2v) is 9.11. The van der Waals surface area contributed by atoms with Crippen molar-refractivity contribution in [2.75, 3.05) is 14.2 Å². The van der Waals surface area contributed by atoms with E-state index in [1.165, 1.54) is 32.3 Å². The minimum Gasteiger partial charge on any atom is -0.497 e. The van der Waals surface area contributed by atoms with Crippen LogP contribution in [-0.2, 0) is 36.7 Å². The maximum Gasteiger partial charge on any atom is 0.227 e. The summed E-state index contributed by atoms with van der Waals surface area (Å²) < 4.78 is 15.9. The lowest BCUT2D eigenvalue weighted by atomic mass is 9.95. The molecule has 43 heavy (non-hydrogen) atoms. The average molecular weight is 589 g/mol. The van der Waals surface area contributed by atoms with E-state index in [1.807, 2.05) is 80.6 Å². The van der Waals surface area contributed by atoms with Gasteiger partial charge in [0.15, 0.2) is 0 Å². The first-order valence-corrected chi connectivity index (χ1v) is 14.5. The van der Waals surface area contributed by atoms with E-state index in [0.29, 0.717) is 29.6 Å². The molecule has 0 heterocycles. The molecular formula is C37H48O6. The first-order valence-electron chi connectivity index (χ1n) is 14.5. The molecule has 0 aliphatic carbocycles. The van der Waals surface area contributed by atoms with Crippen molar-refractivity contribution < 1.29 is 28.6 Å². The Morgan fingerprint density at radius 2 is 1.28 bits per heavy atom. The maximum atomic E-state index is 12.8. The predicted octanol–water partition coefficient (Wildman–Crippen LogP) is 8.81. The fourth-order valence-corrected chi connectivity index (χ4v) is 3.64. The number of ketones is 1. The Bertz CT molecular complexity index is 1270. The third-order valence-electron chi connectivity index (χ3n) is 5.91. The monoisotopic (exact) mass is 588 g/mol. The third kappa shape index (κ3) is 14.8. The molecule has 0 bridgehead atoms. The Morgan fingerprint density at radius 1 is 0.767 bits per heavy atom. The van der Waals surface area contributed by atoms with Crippen molar-refractivity contribution in [2.24, 2.45) is 0 Å². The van der Waals surface area contributed by atoms with Crippen LogP contribution in [0, 0.1) is 6.92 Å². The van der Waals surface area contributed by atoms with Crippen LogP contribution in [0.4, 0.5) is 0 Å². The zero-order chi connectivity index (χ0) is 32.6. The summed E-state index contributed by atoms with van der Waals surface area (Å²) in [6.45, 7) is 12.9. The number of aldehydes is 2. The summed E-state index contributed by atoms with van der Waals surface area (Å²) in [5.74, 6) is 1.94. The SMILES string of the molecule is CC.CC=O.CCCc1ccc(C/C(C(=O)/C(OC)=C(\C)OC)=C(\C)C=O)cc1.Cc1ccc(Oc2ccccc2)cc1. The van der Waals surface area contributed by atoms with Gasteiger partial charge in [-0.2, -0.15) is 0 Å². The van der Waals surface area contributed by atoms with Crippen LogP contribution < -0.4 is 4.74 Å².